The minimum absolute atomic E-state index is 0.203. The highest BCUT2D eigenvalue weighted by Gasteiger charge is 2.15. The van der Waals surface area contributed by atoms with Gasteiger partial charge in [-0.05, 0) is 37.8 Å². The van der Waals surface area contributed by atoms with Gasteiger partial charge in [0.05, 0.1) is 0 Å². The molecule has 2 nitrogen and oxygen atoms in total. The smallest absolute Gasteiger partial charge is 0.120 e. The molecule has 0 bridgehead atoms. The lowest BCUT2D eigenvalue weighted by atomic mass is 10.0. The zero-order valence-electron chi connectivity index (χ0n) is 10.5. The van der Waals surface area contributed by atoms with E-state index >= 15 is 0 Å². The molecule has 4 heteroatoms. The van der Waals surface area contributed by atoms with Crippen LogP contribution in [0.15, 0.2) is 22.7 Å². The van der Waals surface area contributed by atoms with Gasteiger partial charge in [0.25, 0.3) is 0 Å². The maximum atomic E-state index is 9.91. The Morgan fingerprint density at radius 1 is 1.47 bits per heavy atom. The van der Waals surface area contributed by atoms with Gasteiger partial charge in [0.2, 0.25) is 0 Å². The van der Waals surface area contributed by atoms with Gasteiger partial charge in [0, 0.05) is 27.9 Å². The molecule has 2 unspecified atom stereocenters. The van der Waals surface area contributed by atoms with Crippen LogP contribution in [0.2, 0.25) is 0 Å². The van der Waals surface area contributed by atoms with E-state index in [0.717, 1.165) is 22.2 Å². The third-order valence-corrected chi connectivity index (χ3v) is 4.00. The van der Waals surface area contributed by atoms with E-state index < -0.39 is 0 Å². The maximum Gasteiger partial charge on any atom is 0.120 e. The van der Waals surface area contributed by atoms with Crippen LogP contribution in [0, 0.1) is 0 Å². The first-order chi connectivity index (χ1) is 8.08. The van der Waals surface area contributed by atoms with E-state index in [-0.39, 0.29) is 6.04 Å². The summed E-state index contributed by atoms with van der Waals surface area (Å²) in [5.41, 5.74) is 0.967. The third-order valence-electron chi connectivity index (χ3n) is 2.68. The van der Waals surface area contributed by atoms with Gasteiger partial charge in [-0.15, -0.1) is 0 Å². The highest BCUT2D eigenvalue weighted by molar-refractivity contribution is 9.10. The number of rotatable bonds is 6. The number of benzene rings is 1. The molecule has 1 aromatic rings. The highest BCUT2D eigenvalue weighted by atomic mass is 79.9. The van der Waals surface area contributed by atoms with E-state index in [1.165, 1.54) is 0 Å². The summed E-state index contributed by atoms with van der Waals surface area (Å²) in [7, 11) is 0. The van der Waals surface area contributed by atoms with Crippen LogP contribution in [0.4, 0.5) is 0 Å². The van der Waals surface area contributed by atoms with Gasteiger partial charge in [-0.2, -0.15) is 11.8 Å². The number of phenols is 1. The van der Waals surface area contributed by atoms with Crippen LogP contribution in [0.5, 0.6) is 5.75 Å². The van der Waals surface area contributed by atoms with Gasteiger partial charge in [-0.1, -0.05) is 22.9 Å². The molecule has 1 aromatic carbocycles. The van der Waals surface area contributed by atoms with Crippen molar-refractivity contribution in [2.24, 2.45) is 0 Å². The molecule has 2 atom stereocenters. The standard InChI is InChI=1S/C13H20BrNOS/c1-4-12(15-9(2)8-17-3)11-7-10(14)5-6-13(11)16/h5-7,9,12,15-16H,4,8H2,1-3H3. The average Bonchev–Trinajstić information content (AvgIpc) is 2.30. The minimum Gasteiger partial charge on any atom is -0.508 e. The number of hydrogen-bond donors (Lipinski definition) is 2. The van der Waals surface area contributed by atoms with E-state index in [1.54, 1.807) is 6.07 Å². The molecular formula is C13H20BrNOS. The average molecular weight is 318 g/mol. The van der Waals surface area contributed by atoms with Crippen molar-refractivity contribution in [3.8, 4) is 5.75 Å². The molecule has 17 heavy (non-hydrogen) atoms. The molecule has 0 saturated carbocycles. The van der Waals surface area contributed by atoms with Crippen LogP contribution in [-0.2, 0) is 0 Å². The number of thioether (sulfide) groups is 1. The van der Waals surface area contributed by atoms with Crippen molar-refractivity contribution in [3.05, 3.63) is 28.2 Å². The predicted molar refractivity (Wildman–Crippen MR) is 79.8 cm³/mol. The Bertz CT molecular complexity index is 359. The summed E-state index contributed by atoms with van der Waals surface area (Å²) >= 11 is 5.28. The van der Waals surface area contributed by atoms with Crippen LogP contribution >= 0.6 is 27.7 Å². The second-order valence-corrected chi connectivity index (χ2v) is 6.01. The monoisotopic (exact) mass is 317 g/mol. The lowest BCUT2D eigenvalue weighted by Crippen LogP contribution is -2.32. The number of halogens is 1. The van der Waals surface area contributed by atoms with E-state index in [0.29, 0.717) is 11.8 Å². The van der Waals surface area contributed by atoms with Gasteiger partial charge in [-0.25, -0.2) is 0 Å². The van der Waals surface area contributed by atoms with Gasteiger partial charge >= 0.3 is 0 Å². The lowest BCUT2D eigenvalue weighted by molar-refractivity contribution is 0.426. The molecule has 0 amide bonds. The fourth-order valence-corrected chi connectivity index (χ4v) is 2.85. The number of aromatic hydroxyl groups is 1. The van der Waals surface area contributed by atoms with Gasteiger partial charge < -0.3 is 10.4 Å². The molecule has 0 aliphatic heterocycles. The Hall–Kier alpha value is -0.190. The summed E-state index contributed by atoms with van der Waals surface area (Å²) in [6, 6.07) is 6.23. The predicted octanol–water partition coefficient (Wildman–Crippen LogP) is 3.95. The molecule has 0 fully saturated rings. The van der Waals surface area contributed by atoms with Crippen LogP contribution in [0.1, 0.15) is 31.9 Å². The van der Waals surface area contributed by atoms with Crippen LogP contribution in [0.3, 0.4) is 0 Å². The van der Waals surface area contributed by atoms with E-state index in [2.05, 4.69) is 41.3 Å². The second kappa shape index (κ2) is 7.29. The molecule has 0 aromatic heterocycles. The maximum absolute atomic E-state index is 9.91. The first-order valence-corrected chi connectivity index (χ1v) is 8.00. The topological polar surface area (TPSA) is 32.3 Å². The van der Waals surface area contributed by atoms with Crippen molar-refractivity contribution in [1.29, 1.82) is 0 Å². The first kappa shape index (κ1) is 14.9. The Balaban J connectivity index is 2.82. The lowest BCUT2D eigenvalue weighted by Gasteiger charge is -2.23. The number of nitrogens with one attached hydrogen (secondary N) is 1. The van der Waals surface area contributed by atoms with Crippen molar-refractivity contribution in [1.82, 2.24) is 5.32 Å². The fourth-order valence-electron chi connectivity index (χ4n) is 1.87. The van der Waals surface area contributed by atoms with Gasteiger partial charge in [0.1, 0.15) is 5.75 Å². The van der Waals surface area contributed by atoms with E-state index in [9.17, 15) is 5.11 Å². The van der Waals surface area contributed by atoms with Crippen LogP contribution in [0.25, 0.3) is 0 Å². The molecule has 0 aliphatic carbocycles. The minimum atomic E-state index is 0.203. The molecule has 96 valence electrons. The molecule has 1 rings (SSSR count). The normalized spacial score (nSPS) is 14.6. The van der Waals surface area contributed by atoms with E-state index in [1.807, 2.05) is 23.9 Å². The van der Waals surface area contributed by atoms with Crippen molar-refractivity contribution in [2.45, 2.75) is 32.4 Å². The quantitative estimate of drug-likeness (QED) is 0.833. The van der Waals surface area contributed by atoms with Gasteiger partial charge in [0.15, 0.2) is 0 Å². The summed E-state index contributed by atoms with van der Waals surface area (Å²) in [6.45, 7) is 4.30. The number of hydrogen-bond acceptors (Lipinski definition) is 3. The molecule has 0 heterocycles. The zero-order valence-corrected chi connectivity index (χ0v) is 12.9. The second-order valence-electron chi connectivity index (χ2n) is 4.19. The summed E-state index contributed by atoms with van der Waals surface area (Å²) < 4.78 is 1.00. The number of phenolic OH excluding ortho intramolecular Hbond substituents is 1. The molecular weight excluding hydrogens is 298 g/mol. The van der Waals surface area contributed by atoms with Crippen molar-refractivity contribution in [2.75, 3.05) is 12.0 Å². The Kier molecular flexibility index (Phi) is 6.38. The Labute approximate surface area is 116 Å². The fraction of sp³-hybridized carbons (Fsp3) is 0.538. The molecule has 0 aliphatic rings. The van der Waals surface area contributed by atoms with Crippen molar-refractivity contribution in [3.63, 3.8) is 0 Å². The Morgan fingerprint density at radius 3 is 2.76 bits per heavy atom. The highest BCUT2D eigenvalue weighted by Crippen LogP contribution is 2.29. The molecule has 0 saturated heterocycles. The SMILES string of the molecule is CCC(NC(C)CSC)c1cc(Br)ccc1O. The third kappa shape index (κ3) is 4.53. The van der Waals surface area contributed by atoms with Gasteiger partial charge in [-0.3, -0.25) is 0 Å². The molecule has 0 radical (unpaired) electrons. The van der Waals surface area contributed by atoms with E-state index in [4.69, 9.17) is 0 Å². The van der Waals surface area contributed by atoms with Crippen molar-refractivity contribution < 1.29 is 5.11 Å². The Morgan fingerprint density at radius 2 is 2.18 bits per heavy atom. The van der Waals surface area contributed by atoms with Crippen molar-refractivity contribution >= 4 is 27.7 Å². The summed E-state index contributed by atoms with van der Waals surface area (Å²) in [5.74, 6) is 1.44. The summed E-state index contributed by atoms with van der Waals surface area (Å²) in [4.78, 5) is 0. The summed E-state index contributed by atoms with van der Waals surface area (Å²) in [6.07, 6.45) is 3.07. The molecule has 0 spiro atoms. The molecule has 2 N–H and O–H groups in total. The summed E-state index contributed by atoms with van der Waals surface area (Å²) in [5, 5.41) is 13.5. The largest absolute Gasteiger partial charge is 0.508 e. The first-order valence-electron chi connectivity index (χ1n) is 5.81. The van der Waals surface area contributed by atoms with Crippen LogP contribution < -0.4 is 5.32 Å². The van der Waals surface area contributed by atoms with Crippen LogP contribution in [-0.4, -0.2) is 23.2 Å². The zero-order chi connectivity index (χ0) is 12.8.